The summed E-state index contributed by atoms with van der Waals surface area (Å²) >= 11 is 3.36. The number of amides is 1. The van der Waals surface area contributed by atoms with Crippen LogP contribution in [0.2, 0.25) is 0 Å². The van der Waals surface area contributed by atoms with E-state index in [4.69, 9.17) is 9.47 Å². The Morgan fingerprint density at radius 3 is 2.58 bits per heavy atom. The number of fused-ring (bicyclic) bond motifs is 1. The third kappa shape index (κ3) is 4.51. The molecule has 9 nitrogen and oxygen atoms in total. The molecule has 4 atom stereocenters. The molecule has 2 saturated heterocycles. The number of thioether (sulfide) groups is 2. The topological polar surface area (TPSA) is 109 Å². The molecule has 33 heavy (non-hydrogen) atoms. The number of likely N-dealkylation sites (tertiary alicyclic amines) is 1. The van der Waals surface area contributed by atoms with Crippen LogP contribution in [0.5, 0.6) is 0 Å². The Kier molecular flexibility index (Phi) is 6.76. The molecule has 0 bridgehead atoms. The van der Waals surface area contributed by atoms with Crippen LogP contribution in [0.25, 0.3) is 0 Å². The Balaban J connectivity index is 1.47. The number of hydrogen-bond donors (Lipinski definition) is 1. The highest BCUT2D eigenvalue weighted by molar-refractivity contribution is 8.14. The molecular weight excluding hydrogens is 466 g/mol. The number of aliphatic hydroxyl groups excluding tert-OH is 1. The molecule has 4 heterocycles. The molecular formula is C22H31N3O6S2. The van der Waals surface area contributed by atoms with Gasteiger partial charge in [0.25, 0.3) is 0 Å². The van der Waals surface area contributed by atoms with Gasteiger partial charge in [-0.05, 0) is 27.7 Å². The van der Waals surface area contributed by atoms with E-state index in [-0.39, 0.29) is 28.8 Å². The molecule has 182 valence electrons. The van der Waals surface area contributed by atoms with E-state index in [9.17, 15) is 19.5 Å². The molecule has 0 aromatic carbocycles. The number of β-lactam (4-membered cyclic amide) rings is 1. The van der Waals surface area contributed by atoms with E-state index in [0.29, 0.717) is 0 Å². The Morgan fingerprint density at radius 2 is 2.00 bits per heavy atom. The summed E-state index contributed by atoms with van der Waals surface area (Å²) in [7, 11) is 0. The minimum atomic E-state index is -0.799. The maximum Gasteiger partial charge on any atom is 0.358 e. The van der Waals surface area contributed by atoms with E-state index in [1.165, 1.54) is 4.90 Å². The third-order valence-corrected chi connectivity index (χ3v) is 8.76. The lowest BCUT2D eigenvalue weighted by atomic mass is 9.79. The van der Waals surface area contributed by atoms with Crippen molar-refractivity contribution < 1.29 is 29.0 Å². The smallest absolute Gasteiger partial charge is 0.358 e. The average molecular weight is 498 g/mol. The fraction of sp³-hybridized carbons (Fsp3) is 0.727. The lowest BCUT2D eigenvalue weighted by Gasteiger charge is -2.46. The van der Waals surface area contributed by atoms with Gasteiger partial charge in [0.05, 0.1) is 30.0 Å². The normalized spacial score (nSPS) is 28.2. The number of ether oxygens (including phenoxy) is 2. The second-order valence-corrected chi connectivity index (χ2v) is 12.3. The highest BCUT2D eigenvalue weighted by Crippen LogP contribution is 2.52. The van der Waals surface area contributed by atoms with Crippen LogP contribution in [0.1, 0.15) is 34.6 Å². The van der Waals surface area contributed by atoms with Crippen LogP contribution in [-0.2, 0) is 23.9 Å². The SMILES string of the molecule is C[C@@H](O)[C@H]1C(=O)N2C(C(=O)OCOC(=O)C(C)(C)C)=C(SC3CN(C4=NCCS4)C3)[C@H](C)[C@H]12. The van der Waals surface area contributed by atoms with Crippen molar-refractivity contribution in [1.82, 2.24) is 9.80 Å². The maximum absolute atomic E-state index is 13.0. The van der Waals surface area contributed by atoms with Gasteiger partial charge in [-0.1, -0.05) is 18.7 Å². The molecule has 1 amide bonds. The van der Waals surface area contributed by atoms with Crippen LogP contribution in [0.3, 0.4) is 0 Å². The highest BCUT2D eigenvalue weighted by Gasteiger charge is 2.60. The molecule has 1 N–H and O–H groups in total. The van der Waals surface area contributed by atoms with Crippen molar-refractivity contribution in [2.24, 2.45) is 22.2 Å². The lowest BCUT2D eigenvalue weighted by molar-refractivity contribution is -0.175. The molecule has 0 spiro atoms. The molecule has 0 aromatic rings. The number of carbonyl (C=O) groups excluding carboxylic acids is 3. The van der Waals surface area contributed by atoms with Gasteiger partial charge in [-0.3, -0.25) is 14.6 Å². The second kappa shape index (κ2) is 9.14. The van der Waals surface area contributed by atoms with E-state index in [2.05, 4.69) is 9.89 Å². The fourth-order valence-corrected chi connectivity index (χ4v) is 6.85. The van der Waals surface area contributed by atoms with Gasteiger partial charge in [0.2, 0.25) is 12.7 Å². The summed E-state index contributed by atoms with van der Waals surface area (Å²) in [4.78, 5) is 46.8. The average Bonchev–Trinajstić information content (AvgIpc) is 3.29. The number of carbonyl (C=O) groups is 3. The van der Waals surface area contributed by atoms with Crippen molar-refractivity contribution in [3.8, 4) is 0 Å². The minimum Gasteiger partial charge on any atom is -0.427 e. The molecule has 0 aromatic heterocycles. The summed E-state index contributed by atoms with van der Waals surface area (Å²) in [5.74, 6) is -1.06. The van der Waals surface area contributed by atoms with Gasteiger partial charge >= 0.3 is 11.9 Å². The van der Waals surface area contributed by atoms with E-state index >= 15 is 0 Å². The maximum atomic E-state index is 13.0. The minimum absolute atomic E-state index is 0.0979. The second-order valence-electron chi connectivity index (χ2n) is 9.86. The number of esters is 2. The lowest BCUT2D eigenvalue weighted by Crippen LogP contribution is -2.63. The third-order valence-electron chi connectivity index (χ3n) is 6.28. The van der Waals surface area contributed by atoms with E-state index < -0.39 is 36.2 Å². The predicted molar refractivity (Wildman–Crippen MR) is 126 cm³/mol. The quantitative estimate of drug-likeness (QED) is 0.333. The molecule has 0 aliphatic carbocycles. The summed E-state index contributed by atoms with van der Waals surface area (Å²) < 4.78 is 10.3. The first-order valence-corrected chi connectivity index (χ1v) is 13.1. The van der Waals surface area contributed by atoms with Crippen molar-refractivity contribution in [2.45, 2.75) is 52.0 Å². The summed E-state index contributed by atoms with van der Waals surface area (Å²) in [5, 5.41) is 11.5. The zero-order valence-electron chi connectivity index (χ0n) is 19.6. The van der Waals surface area contributed by atoms with Crippen molar-refractivity contribution in [2.75, 3.05) is 32.2 Å². The van der Waals surface area contributed by atoms with E-state index in [1.807, 2.05) is 6.92 Å². The molecule has 2 fully saturated rings. The molecule has 0 saturated carbocycles. The van der Waals surface area contributed by atoms with Gasteiger partial charge < -0.3 is 24.4 Å². The summed E-state index contributed by atoms with van der Waals surface area (Å²) in [6, 6.07) is -0.273. The first-order valence-electron chi connectivity index (χ1n) is 11.2. The number of nitrogens with zero attached hydrogens (tertiary/aromatic N) is 3. The van der Waals surface area contributed by atoms with Crippen molar-refractivity contribution in [3.05, 3.63) is 10.6 Å². The largest absolute Gasteiger partial charge is 0.427 e. The van der Waals surface area contributed by atoms with Crippen LogP contribution in [0, 0.1) is 17.3 Å². The number of aliphatic hydroxyl groups is 1. The molecule has 0 unspecified atom stereocenters. The molecule has 4 aliphatic rings. The first kappa shape index (κ1) is 24.4. The Labute approximate surface area is 202 Å². The number of aliphatic imine (C=N–C) groups is 1. The van der Waals surface area contributed by atoms with Gasteiger partial charge in [-0.15, -0.1) is 11.8 Å². The van der Waals surface area contributed by atoms with Crippen LogP contribution in [-0.4, -0.2) is 87.5 Å². The fourth-order valence-electron chi connectivity index (χ4n) is 4.45. The Hall–Kier alpha value is -1.72. The van der Waals surface area contributed by atoms with E-state index in [1.54, 1.807) is 51.2 Å². The van der Waals surface area contributed by atoms with Crippen LogP contribution < -0.4 is 0 Å². The van der Waals surface area contributed by atoms with Crippen LogP contribution >= 0.6 is 23.5 Å². The number of hydrogen-bond acceptors (Lipinski definition) is 10. The van der Waals surface area contributed by atoms with E-state index in [0.717, 1.165) is 35.5 Å². The zero-order valence-corrected chi connectivity index (χ0v) is 21.2. The molecule has 11 heteroatoms. The predicted octanol–water partition coefficient (Wildman–Crippen LogP) is 1.67. The van der Waals surface area contributed by atoms with Crippen molar-refractivity contribution in [3.63, 3.8) is 0 Å². The molecule has 4 rings (SSSR count). The first-order chi connectivity index (χ1) is 15.5. The van der Waals surface area contributed by atoms with Crippen LogP contribution in [0.4, 0.5) is 0 Å². The monoisotopic (exact) mass is 497 g/mol. The van der Waals surface area contributed by atoms with Gasteiger partial charge in [-0.2, -0.15) is 0 Å². The van der Waals surface area contributed by atoms with Crippen LogP contribution in [0.15, 0.2) is 15.6 Å². The Morgan fingerprint density at radius 1 is 1.30 bits per heavy atom. The molecule has 4 aliphatic heterocycles. The van der Waals surface area contributed by atoms with Gasteiger partial charge in [0.1, 0.15) is 5.70 Å². The number of rotatable bonds is 6. The van der Waals surface area contributed by atoms with Crippen molar-refractivity contribution in [1.29, 1.82) is 0 Å². The summed E-state index contributed by atoms with van der Waals surface area (Å²) in [5.41, 5.74) is -0.493. The Bertz CT molecular complexity index is 906. The highest BCUT2D eigenvalue weighted by atomic mass is 32.2. The van der Waals surface area contributed by atoms with Gasteiger partial charge in [0.15, 0.2) is 5.17 Å². The standard InChI is InChI=1S/C22H31N3O6S2/c1-11-15-14(12(2)26)18(27)25(15)16(19(28)30-10-31-20(29)22(3,4)5)17(11)33-13-8-24(9-13)21-23-6-7-32-21/h11-15,26H,6-10H2,1-5H3/t11-,12-,14-,15-/m1/s1. The summed E-state index contributed by atoms with van der Waals surface area (Å²) in [6.07, 6.45) is -0.799. The van der Waals surface area contributed by atoms with Gasteiger partial charge in [0, 0.05) is 34.9 Å². The summed E-state index contributed by atoms with van der Waals surface area (Å²) in [6.45, 7) is 10.7. The van der Waals surface area contributed by atoms with Gasteiger partial charge in [-0.25, -0.2) is 4.79 Å². The van der Waals surface area contributed by atoms with Crippen molar-refractivity contribution >= 4 is 46.5 Å². The molecule has 0 radical (unpaired) electrons. The number of amidine groups is 1. The zero-order chi connectivity index (χ0) is 24.1.